The topological polar surface area (TPSA) is 42.0 Å². The van der Waals surface area contributed by atoms with E-state index in [2.05, 4.69) is 17.2 Å². The zero-order chi connectivity index (χ0) is 11.8. The maximum Gasteiger partial charge on any atom is 0.0573 e. The predicted octanol–water partition coefficient (Wildman–Crippen LogP) is 1.89. The second kappa shape index (κ2) is 7.52. The molecule has 0 spiro atoms. The van der Waals surface area contributed by atoms with Crippen molar-refractivity contribution in [2.24, 2.45) is 0 Å². The van der Waals surface area contributed by atoms with Crippen molar-refractivity contribution in [1.82, 2.24) is 10.3 Å². The lowest BCUT2D eigenvalue weighted by Gasteiger charge is -2.17. The standard InChI is InChI=1S/C12H20N2OS/c1-3-6-11(14-9-10-16(2)15)12-7-4-5-8-13-12/h4-5,7-8,11,14H,3,6,9-10H2,1-2H3. The van der Waals surface area contributed by atoms with E-state index >= 15 is 0 Å². The van der Waals surface area contributed by atoms with Gasteiger partial charge in [0.1, 0.15) is 0 Å². The van der Waals surface area contributed by atoms with E-state index in [1.54, 1.807) is 6.26 Å². The Balaban J connectivity index is 2.51. The third-order valence-electron chi connectivity index (χ3n) is 2.40. The van der Waals surface area contributed by atoms with E-state index in [0.29, 0.717) is 5.75 Å². The van der Waals surface area contributed by atoms with E-state index in [0.717, 1.165) is 25.1 Å². The van der Waals surface area contributed by atoms with Gasteiger partial charge in [-0.2, -0.15) is 0 Å². The van der Waals surface area contributed by atoms with Crippen LogP contribution in [0.3, 0.4) is 0 Å². The smallest absolute Gasteiger partial charge is 0.0573 e. The summed E-state index contributed by atoms with van der Waals surface area (Å²) >= 11 is 0. The van der Waals surface area contributed by atoms with Gasteiger partial charge >= 0.3 is 0 Å². The predicted molar refractivity (Wildman–Crippen MR) is 68.8 cm³/mol. The van der Waals surface area contributed by atoms with E-state index in [9.17, 15) is 4.21 Å². The molecule has 1 N–H and O–H groups in total. The van der Waals surface area contributed by atoms with Crippen LogP contribution in [0.4, 0.5) is 0 Å². The van der Waals surface area contributed by atoms with Crippen molar-refractivity contribution in [3.05, 3.63) is 30.1 Å². The molecule has 0 saturated carbocycles. The third-order valence-corrected chi connectivity index (χ3v) is 3.18. The number of aromatic nitrogens is 1. The lowest BCUT2D eigenvalue weighted by atomic mass is 10.1. The number of hydrogen-bond acceptors (Lipinski definition) is 3. The molecule has 0 aliphatic heterocycles. The molecule has 2 atom stereocenters. The molecule has 90 valence electrons. The summed E-state index contributed by atoms with van der Waals surface area (Å²) in [7, 11) is -0.725. The van der Waals surface area contributed by atoms with Gasteiger partial charge < -0.3 is 5.32 Å². The molecule has 1 heterocycles. The molecule has 0 bridgehead atoms. The summed E-state index contributed by atoms with van der Waals surface area (Å²) in [5.41, 5.74) is 1.08. The van der Waals surface area contributed by atoms with Crippen LogP contribution in [0.2, 0.25) is 0 Å². The van der Waals surface area contributed by atoms with Gasteiger partial charge in [0, 0.05) is 41.6 Å². The van der Waals surface area contributed by atoms with Crippen molar-refractivity contribution in [2.45, 2.75) is 25.8 Å². The van der Waals surface area contributed by atoms with Crippen molar-refractivity contribution in [3.8, 4) is 0 Å². The summed E-state index contributed by atoms with van der Waals surface area (Å²) in [6.07, 6.45) is 5.73. The van der Waals surface area contributed by atoms with Crippen molar-refractivity contribution < 1.29 is 4.21 Å². The Kier molecular flexibility index (Phi) is 6.26. The lowest BCUT2D eigenvalue weighted by molar-refractivity contribution is 0.499. The Bertz CT molecular complexity index is 316. The quantitative estimate of drug-likeness (QED) is 0.791. The Labute approximate surface area is 100 Å². The SMILES string of the molecule is CCCC(NCCS(C)=O)c1ccccn1. The van der Waals surface area contributed by atoms with Gasteiger partial charge in [0.05, 0.1) is 5.69 Å². The van der Waals surface area contributed by atoms with Crippen LogP contribution in [0.1, 0.15) is 31.5 Å². The fourth-order valence-electron chi connectivity index (χ4n) is 1.60. The normalized spacial score (nSPS) is 14.6. The van der Waals surface area contributed by atoms with Crippen LogP contribution in [-0.2, 0) is 10.8 Å². The Morgan fingerprint density at radius 2 is 2.31 bits per heavy atom. The third kappa shape index (κ3) is 4.86. The maximum atomic E-state index is 11.0. The molecule has 0 aromatic carbocycles. The van der Waals surface area contributed by atoms with Crippen LogP contribution in [0.15, 0.2) is 24.4 Å². The first-order valence-corrected chi connectivity index (χ1v) is 7.41. The minimum Gasteiger partial charge on any atom is -0.308 e. The molecule has 1 rings (SSSR count). The Hall–Kier alpha value is -0.740. The van der Waals surface area contributed by atoms with E-state index in [1.165, 1.54) is 0 Å². The van der Waals surface area contributed by atoms with Crippen LogP contribution in [-0.4, -0.2) is 27.7 Å². The van der Waals surface area contributed by atoms with E-state index in [1.807, 2.05) is 24.4 Å². The largest absolute Gasteiger partial charge is 0.308 e. The van der Waals surface area contributed by atoms with Crippen molar-refractivity contribution >= 4 is 10.8 Å². The molecule has 3 nitrogen and oxygen atoms in total. The molecule has 2 unspecified atom stereocenters. The number of rotatable bonds is 7. The molecule has 0 fully saturated rings. The number of nitrogens with zero attached hydrogens (tertiary/aromatic N) is 1. The second-order valence-electron chi connectivity index (χ2n) is 3.83. The highest BCUT2D eigenvalue weighted by Crippen LogP contribution is 2.15. The minimum atomic E-state index is -0.725. The highest BCUT2D eigenvalue weighted by Gasteiger charge is 2.10. The lowest BCUT2D eigenvalue weighted by Crippen LogP contribution is -2.26. The van der Waals surface area contributed by atoms with Gasteiger partial charge in [0.25, 0.3) is 0 Å². The molecular weight excluding hydrogens is 220 g/mol. The summed E-state index contributed by atoms with van der Waals surface area (Å²) < 4.78 is 11.0. The van der Waals surface area contributed by atoms with Gasteiger partial charge in [0.15, 0.2) is 0 Å². The first kappa shape index (κ1) is 13.3. The molecule has 0 aliphatic carbocycles. The van der Waals surface area contributed by atoms with Crippen LogP contribution in [0.5, 0.6) is 0 Å². The Morgan fingerprint density at radius 1 is 1.50 bits per heavy atom. The van der Waals surface area contributed by atoms with Gasteiger partial charge in [0.2, 0.25) is 0 Å². The van der Waals surface area contributed by atoms with E-state index in [-0.39, 0.29) is 6.04 Å². The number of nitrogens with one attached hydrogen (secondary N) is 1. The molecule has 0 aliphatic rings. The molecule has 0 amide bonds. The average Bonchev–Trinajstić information content (AvgIpc) is 2.29. The van der Waals surface area contributed by atoms with Crippen LogP contribution in [0, 0.1) is 0 Å². The zero-order valence-corrected chi connectivity index (χ0v) is 10.8. The van der Waals surface area contributed by atoms with Crippen LogP contribution in [0.25, 0.3) is 0 Å². The van der Waals surface area contributed by atoms with Crippen molar-refractivity contribution in [3.63, 3.8) is 0 Å². The van der Waals surface area contributed by atoms with Gasteiger partial charge in [-0.3, -0.25) is 9.19 Å². The summed E-state index contributed by atoms with van der Waals surface area (Å²) in [6.45, 7) is 2.94. The van der Waals surface area contributed by atoms with Crippen LogP contribution >= 0.6 is 0 Å². The van der Waals surface area contributed by atoms with Gasteiger partial charge in [-0.05, 0) is 18.6 Å². The number of hydrogen-bond donors (Lipinski definition) is 1. The second-order valence-corrected chi connectivity index (χ2v) is 5.38. The Morgan fingerprint density at radius 3 is 2.88 bits per heavy atom. The summed E-state index contributed by atoms with van der Waals surface area (Å²) in [5.74, 6) is 0.701. The summed E-state index contributed by atoms with van der Waals surface area (Å²) in [6, 6.07) is 6.25. The number of pyridine rings is 1. The monoisotopic (exact) mass is 240 g/mol. The van der Waals surface area contributed by atoms with Crippen molar-refractivity contribution in [2.75, 3.05) is 18.6 Å². The average molecular weight is 240 g/mol. The van der Waals surface area contributed by atoms with Gasteiger partial charge in [-0.15, -0.1) is 0 Å². The fourth-order valence-corrected chi connectivity index (χ4v) is 2.01. The first-order chi connectivity index (χ1) is 7.74. The zero-order valence-electron chi connectivity index (χ0n) is 9.98. The highest BCUT2D eigenvalue weighted by molar-refractivity contribution is 7.84. The molecule has 16 heavy (non-hydrogen) atoms. The molecule has 0 saturated heterocycles. The van der Waals surface area contributed by atoms with Crippen molar-refractivity contribution in [1.29, 1.82) is 0 Å². The van der Waals surface area contributed by atoms with Crippen LogP contribution < -0.4 is 5.32 Å². The molecule has 4 heteroatoms. The molecule has 1 aromatic heterocycles. The summed E-state index contributed by atoms with van der Waals surface area (Å²) in [5, 5.41) is 3.41. The molecule has 0 radical (unpaired) electrons. The van der Waals surface area contributed by atoms with Gasteiger partial charge in [-0.1, -0.05) is 19.4 Å². The van der Waals surface area contributed by atoms with E-state index < -0.39 is 10.8 Å². The highest BCUT2D eigenvalue weighted by atomic mass is 32.2. The molecule has 1 aromatic rings. The van der Waals surface area contributed by atoms with E-state index in [4.69, 9.17) is 0 Å². The fraction of sp³-hybridized carbons (Fsp3) is 0.583. The summed E-state index contributed by atoms with van der Waals surface area (Å²) in [4.78, 5) is 4.36. The first-order valence-electron chi connectivity index (χ1n) is 5.68. The minimum absolute atomic E-state index is 0.287. The molecular formula is C12H20N2OS. The van der Waals surface area contributed by atoms with Gasteiger partial charge in [-0.25, -0.2) is 0 Å². The maximum absolute atomic E-state index is 11.0.